The molecule has 1 aliphatic heterocycles. The highest BCUT2D eigenvalue weighted by atomic mass is 16.5. The van der Waals surface area contributed by atoms with Gasteiger partial charge in [-0.1, -0.05) is 18.2 Å². The number of carbonyl (C=O) groups excluding carboxylic acids is 1. The monoisotopic (exact) mass is 298 g/mol. The average molecular weight is 298 g/mol. The number of benzene rings is 1. The van der Waals surface area contributed by atoms with E-state index in [1.807, 2.05) is 18.2 Å². The number of methoxy groups -OCH3 is 1. The maximum Gasteiger partial charge on any atom is 0.278 e. The van der Waals surface area contributed by atoms with E-state index in [4.69, 9.17) is 4.74 Å². The molecule has 0 spiro atoms. The number of ether oxygens (including phenoxy) is 1. The summed E-state index contributed by atoms with van der Waals surface area (Å²) in [5, 5.41) is 11.1. The molecule has 3 rings (SSSR count). The molecule has 0 unspecified atom stereocenters. The van der Waals surface area contributed by atoms with Gasteiger partial charge in [-0.3, -0.25) is 4.79 Å². The van der Waals surface area contributed by atoms with Crippen LogP contribution in [0.2, 0.25) is 0 Å². The Labute approximate surface area is 129 Å². The van der Waals surface area contributed by atoms with Crippen molar-refractivity contribution in [3.63, 3.8) is 0 Å². The summed E-state index contributed by atoms with van der Waals surface area (Å²) in [6.07, 6.45) is 0.881. The molecule has 0 saturated heterocycles. The Morgan fingerprint density at radius 1 is 1.27 bits per heavy atom. The molecule has 0 radical (unpaired) electrons. The molecule has 6 nitrogen and oxygen atoms in total. The summed E-state index contributed by atoms with van der Waals surface area (Å²) >= 11 is 0. The van der Waals surface area contributed by atoms with Crippen molar-refractivity contribution in [3.8, 4) is 0 Å². The fourth-order valence-electron chi connectivity index (χ4n) is 2.51. The first kappa shape index (κ1) is 14.5. The van der Waals surface area contributed by atoms with Crippen molar-refractivity contribution in [2.24, 2.45) is 0 Å². The number of fused-ring (bicyclic) bond motifs is 1. The van der Waals surface area contributed by atoms with E-state index in [9.17, 15) is 4.79 Å². The third-order valence-corrected chi connectivity index (χ3v) is 3.63. The van der Waals surface area contributed by atoms with Crippen LogP contribution in [0.5, 0.6) is 0 Å². The van der Waals surface area contributed by atoms with Crippen LogP contribution in [-0.4, -0.2) is 42.9 Å². The van der Waals surface area contributed by atoms with Crippen molar-refractivity contribution in [2.75, 3.05) is 37.0 Å². The number of rotatable bonds is 5. The second-order valence-corrected chi connectivity index (χ2v) is 5.06. The molecule has 114 valence electrons. The molecule has 2 aromatic rings. The molecule has 0 atom stereocenters. The van der Waals surface area contributed by atoms with Gasteiger partial charge in [-0.05, 0) is 30.2 Å². The SMILES string of the molecule is COCCNc1ccc(C(=O)N2CCc3ccccc32)nn1. The van der Waals surface area contributed by atoms with Gasteiger partial charge in [-0.25, -0.2) is 0 Å². The lowest BCUT2D eigenvalue weighted by Crippen LogP contribution is -2.29. The number of aromatic nitrogens is 2. The zero-order valence-electron chi connectivity index (χ0n) is 12.5. The molecule has 0 fully saturated rings. The van der Waals surface area contributed by atoms with Crippen molar-refractivity contribution in [2.45, 2.75) is 6.42 Å². The fourth-order valence-corrected chi connectivity index (χ4v) is 2.51. The molecular weight excluding hydrogens is 280 g/mol. The standard InChI is InChI=1S/C16H18N4O2/c1-22-11-9-17-15-7-6-13(18-19-15)16(21)20-10-8-12-4-2-3-5-14(12)20/h2-7H,8-11H2,1H3,(H,17,19). The van der Waals surface area contributed by atoms with E-state index in [0.29, 0.717) is 31.2 Å². The Bertz CT molecular complexity index is 657. The number of hydrogen-bond acceptors (Lipinski definition) is 5. The summed E-state index contributed by atoms with van der Waals surface area (Å²) in [5.74, 6) is 0.524. The minimum Gasteiger partial charge on any atom is -0.383 e. The van der Waals surface area contributed by atoms with Gasteiger partial charge in [0.25, 0.3) is 5.91 Å². The fraction of sp³-hybridized carbons (Fsp3) is 0.312. The predicted octanol–water partition coefficient (Wildman–Crippen LogP) is 1.74. The summed E-state index contributed by atoms with van der Waals surface area (Å²) < 4.78 is 4.95. The van der Waals surface area contributed by atoms with E-state index in [1.165, 1.54) is 5.56 Å². The summed E-state index contributed by atoms with van der Waals surface area (Å²) in [5.41, 5.74) is 2.52. The van der Waals surface area contributed by atoms with Crippen LogP contribution in [0.3, 0.4) is 0 Å². The van der Waals surface area contributed by atoms with Gasteiger partial charge in [-0.15, -0.1) is 10.2 Å². The summed E-state index contributed by atoms with van der Waals surface area (Å²) in [6.45, 7) is 1.93. The summed E-state index contributed by atoms with van der Waals surface area (Å²) in [7, 11) is 1.64. The molecule has 1 aliphatic rings. The summed E-state index contributed by atoms with van der Waals surface area (Å²) in [4.78, 5) is 14.3. The lowest BCUT2D eigenvalue weighted by molar-refractivity contribution is 0.0983. The molecule has 1 amide bonds. The van der Waals surface area contributed by atoms with Gasteiger partial charge < -0.3 is 15.0 Å². The number of nitrogens with one attached hydrogen (secondary N) is 1. The molecule has 1 aromatic carbocycles. The van der Waals surface area contributed by atoms with Crippen LogP contribution in [0.4, 0.5) is 11.5 Å². The van der Waals surface area contributed by atoms with Crippen LogP contribution in [0.1, 0.15) is 16.1 Å². The maximum atomic E-state index is 12.6. The smallest absolute Gasteiger partial charge is 0.278 e. The molecule has 0 aliphatic carbocycles. The number of hydrogen-bond donors (Lipinski definition) is 1. The maximum absolute atomic E-state index is 12.6. The van der Waals surface area contributed by atoms with E-state index >= 15 is 0 Å². The highest BCUT2D eigenvalue weighted by molar-refractivity contribution is 6.06. The quantitative estimate of drug-likeness (QED) is 0.852. The average Bonchev–Trinajstić information content (AvgIpc) is 2.99. The Balaban J connectivity index is 1.71. The summed E-state index contributed by atoms with van der Waals surface area (Å²) in [6, 6.07) is 11.4. The number of nitrogens with zero attached hydrogens (tertiary/aromatic N) is 3. The van der Waals surface area contributed by atoms with Crippen molar-refractivity contribution in [1.29, 1.82) is 0 Å². The van der Waals surface area contributed by atoms with Crippen LogP contribution < -0.4 is 10.2 Å². The lowest BCUT2D eigenvalue weighted by atomic mass is 10.2. The van der Waals surface area contributed by atoms with E-state index in [2.05, 4.69) is 21.6 Å². The number of para-hydroxylation sites is 1. The van der Waals surface area contributed by atoms with Gasteiger partial charge in [0, 0.05) is 25.9 Å². The van der Waals surface area contributed by atoms with Crippen molar-refractivity contribution in [1.82, 2.24) is 10.2 Å². The third-order valence-electron chi connectivity index (χ3n) is 3.63. The van der Waals surface area contributed by atoms with Crippen LogP contribution in [-0.2, 0) is 11.2 Å². The highest BCUT2D eigenvalue weighted by Crippen LogP contribution is 2.28. The largest absolute Gasteiger partial charge is 0.383 e. The van der Waals surface area contributed by atoms with Gasteiger partial charge in [-0.2, -0.15) is 0 Å². The normalized spacial score (nSPS) is 13.0. The Hall–Kier alpha value is -2.47. The molecule has 2 heterocycles. The Kier molecular flexibility index (Phi) is 4.29. The van der Waals surface area contributed by atoms with Gasteiger partial charge in [0.05, 0.1) is 6.61 Å². The first-order valence-electron chi connectivity index (χ1n) is 7.26. The molecule has 6 heteroatoms. The number of carbonyl (C=O) groups is 1. The van der Waals surface area contributed by atoms with Crippen LogP contribution in [0.25, 0.3) is 0 Å². The van der Waals surface area contributed by atoms with Gasteiger partial charge in [0.15, 0.2) is 5.69 Å². The van der Waals surface area contributed by atoms with Crippen LogP contribution in [0.15, 0.2) is 36.4 Å². The zero-order valence-corrected chi connectivity index (χ0v) is 12.5. The zero-order chi connectivity index (χ0) is 15.4. The Morgan fingerprint density at radius 3 is 2.91 bits per heavy atom. The lowest BCUT2D eigenvalue weighted by Gasteiger charge is -2.16. The minimum absolute atomic E-state index is 0.110. The van der Waals surface area contributed by atoms with Gasteiger partial charge in [0.1, 0.15) is 5.82 Å². The van der Waals surface area contributed by atoms with E-state index in [1.54, 1.807) is 24.1 Å². The van der Waals surface area contributed by atoms with Gasteiger partial charge in [0.2, 0.25) is 0 Å². The third kappa shape index (κ3) is 2.92. The molecule has 0 saturated carbocycles. The predicted molar refractivity (Wildman–Crippen MR) is 84.2 cm³/mol. The van der Waals surface area contributed by atoms with Gasteiger partial charge >= 0.3 is 0 Å². The first-order valence-corrected chi connectivity index (χ1v) is 7.26. The molecule has 0 bridgehead atoms. The Morgan fingerprint density at radius 2 is 2.14 bits per heavy atom. The molecule has 1 N–H and O–H groups in total. The molecular formula is C16H18N4O2. The first-order chi connectivity index (χ1) is 10.8. The topological polar surface area (TPSA) is 67.3 Å². The second-order valence-electron chi connectivity index (χ2n) is 5.06. The number of anilines is 2. The van der Waals surface area contributed by atoms with Crippen molar-refractivity contribution < 1.29 is 9.53 Å². The van der Waals surface area contributed by atoms with Crippen LogP contribution >= 0.6 is 0 Å². The van der Waals surface area contributed by atoms with Crippen molar-refractivity contribution >= 4 is 17.4 Å². The molecule has 1 aromatic heterocycles. The minimum atomic E-state index is -0.110. The highest BCUT2D eigenvalue weighted by Gasteiger charge is 2.26. The van der Waals surface area contributed by atoms with E-state index in [0.717, 1.165) is 12.1 Å². The van der Waals surface area contributed by atoms with Crippen molar-refractivity contribution in [3.05, 3.63) is 47.7 Å². The molecule has 22 heavy (non-hydrogen) atoms. The van der Waals surface area contributed by atoms with E-state index in [-0.39, 0.29) is 5.91 Å². The number of amides is 1. The van der Waals surface area contributed by atoms with E-state index < -0.39 is 0 Å². The van der Waals surface area contributed by atoms with Crippen LogP contribution in [0, 0.1) is 0 Å². The second kappa shape index (κ2) is 6.53.